The van der Waals surface area contributed by atoms with E-state index in [0.717, 1.165) is 0 Å². The van der Waals surface area contributed by atoms with Crippen molar-refractivity contribution in [1.82, 2.24) is 0 Å². The highest BCUT2D eigenvalue weighted by atomic mass is 32.2. The van der Waals surface area contributed by atoms with Gasteiger partial charge in [0.05, 0.1) is 21.6 Å². The van der Waals surface area contributed by atoms with Gasteiger partial charge in [0.15, 0.2) is 5.75 Å². The molecule has 38 heavy (non-hydrogen) atoms. The first-order valence-corrected chi connectivity index (χ1v) is 12.5. The zero-order chi connectivity index (χ0) is 27.4. The summed E-state index contributed by atoms with van der Waals surface area (Å²) in [5.41, 5.74) is 6.99. The molecule has 0 saturated heterocycles. The molecule has 11 nitrogen and oxygen atoms in total. The molecule has 4 aromatic rings. The van der Waals surface area contributed by atoms with Crippen molar-refractivity contribution in [3.8, 4) is 22.6 Å². The molecule has 0 unspecified atom stereocenters. The van der Waals surface area contributed by atoms with Crippen LogP contribution in [-0.2, 0) is 10.0 Å². The van der Waals surface area contributed by atoms with Gasteiger partial charge in [-0.05, 0) is 42.0 Å². The molecule has 12 heteroatoms. The van der Waals surface area contributed by atoms with Gasteiger partial charge in [0.25, 0.3) is 11.6 Å². The van der Waals surface area contributed by atoms with Crippen LogP contribution in [0.25, 0.3) is 11.1 Å². The van der Waals surface area contributed by atoms with Crippen LogP contribution in [-0.4, -0.2) is 25.1 Å². The maximum absolute atomic E-state index is 13.0. The number of amides is 1. The van der Waals surface area contributed by atoms with E-state index >= 15 is 0 Å². The van der Waals surface area contributed by atoms with Gasteiger partial charge in [-0.1, -0.05) is 42.5 Å². The van der Waals surface area contributed by atoms with Crippen molar-refractivity contribution in [1.29, 1.82) is 5.41 Å². The van der Waals surface area contributed by atoms with Crippen LogP contribution in [0.2, 0.25) is 0 Å². The molecular formula is C26H21N5O6S. The maximum atomic E-state index is 13.0. The number of nitro groups is 1. The van der Waals surface area contributed by atoms with Crippen molar-refractivity contribution in [2.24, 2.45) is 10.9 Å². The van der Waals surface area contributed by atoms with Crippen LogP contribution in [0, 0.1) is 15.5 Å². The zero-order valence-electron chi connectivity index (χ0n) is 19.6. The summed E-state index contributed by atoms with van der Waals surface area (Å²) in [4.78, 5) is 23.7. The first-order valence-electron chi connectivity index (χ1n) is 11.0. The molecule has 0 atom stereocenters. The Bertz CT molecular complexity index is 1670. The number of rotatable bonds is 8. The maximum Gasteiger partial charge on any atom is 0.273 e. The second-order valence-corrected chi connectivity index (χ2v) is 9.58. The fourth-order valence-electron chi connectivity index (χ4n) is 3.62. The molecule has 192 valence electrons. The van der Waals surface area contributed by atoms with Crippen LogP contribution in [0.5, 0.6) is 11.5 Å². The lowest BCUT2D eigenvalue weighted by molar-refractivity contribution is -0.384. The predicted molar refractivity (Wildman–Crippen MR) is 142 cm³/mol. The van der Waals surface area contributed by atoms with E-state index in [4.69, 9.17) is 21.0 Å². The number of carbonyl (C=O) groups excluding carboxylic acids is 1. The molecular weight excluding hydrogens is 510 g/mol. The molecule has 0 bridgehead atoms. The molecule has 0 aliphatic carbocycles. The average Bonchev–Trinajstić information content (AvgIpc) is 2.89. The molecule has 0 fully saturated rings. The van der Waals surface area contributed by atoms with Crippen molar-refractivity contribution < 1.29 is 22.9 Å². The number of carbonyl (C=O) groups is 1. The van der Waals surface area contributed by atoms with Gasteiger partial charge in [0.1, 0.15) is 11.6 Å². The largest absolute Gasteiger partial charge is 0.455 e. The van der Waals surface area contributed by atoms with Gasteiger partial charge >= 0.3 is 0 Å². The van der Waals surface area contributed by atoms with E-state index in [1.165, 1.54) is 42.5 Å². The Morgan fingerprint density at radius 3 is 2.29 bits per heavy atom. The van der Waals surface area contributed by atoms with Crippen LogP contribution in [0.4, 0.5) is 11.4 Å². The fraction of sp³-hybridized carbons (Fsp3) is 0. The zero-order valence-corrected chi connectivity index (χ0v) is 20.4. The van der Waals surface area contributed by atoms with Gasteiger partial charge in [-0.15, -0.1) is 0 Å². The van der Waals surface area contributed by atoms with Gasteiger partial charge in [-0.3, -0.25) is 20.3 Å². The van der Waals surface area contributed by atoms with E-state index in [2.05, 4.69) is 5.32 Å². The summed E-state index contributed by atoms with van der Waals surface area (Å²) in [6, 6.07) is 22.4. The lowest BCUT2D eigenvalue weighted by Crippen LogP contribution is -2.14. The molecule has 0 spiro atoms. The summed E-state index contributed by atoms with van der Waals surface area (Å²) in [6.45, 7) is 0. The topological polar surface area (TPSA) is 192 Å². The van der Waals surface area contributed by atoms with Crippen LogP contribution >= 0.6 is 0 Å². The molecule has 0 radical (unpaired) electrons. The molecule has 1 amide bonds. The van der Waals surface area contributed by atoms with Gasteiger partial charge in [-0.2, -0.15) is 0 Å². The summed E-state index contributed by atoms with van der Waals surface area (Å²) in [6.07, 6.45) is 0. The summed E-state index contributed by atoms with van der Waals surface area (Å²) >= 11 is 0. The summed E-state index contributed by atoms with van der Waals surface area (Å²) < 4.78 is 29.7. The minimum Gasteiger partial charge on any atom is -0.455 e. The smallest absolute Gasteiger partial charge is 0.273 e. The SMILES string of the molecule is N=C(N)c1cccc(Oc2cc([N+](=O)[O-])ccc2NC(=O)c2ccc(-c3ccccc3S(N)(=O)=O)cc2)c1. The molecule has 0 saturated carbocycles. The number of nitrogen functional groups attached to an aromatic ring is 1. The first kappa shape index (κ1) is 26.0. The third kappa shape index (κ3) is 5.83. The van der Waals surface area contributed by atoms with E-state index in [9.17, 15) is 23.3 Å². The monoisotopic (exact) mass is 531 g/mol. The van der Waals surface area contributed by atoms with Crippen molar-refractivity contribution in [3.63, 3.8) is 0 Å². The Morgan fingerprint density at radius 1 is 0.921 bits per heavy atom. The Balaban J connectivity index is 1.62. The number of amidine groups is 1. The Morgan fingerprint density at radius 2 is 1.63 bits per heavy atom. The Hall–Kier alpha value is -5.07. The number of nitrogens with two attached hydrogens (primary N) is 2. The number of ether oxygens (including phenoxy) is 1. The van der Waals surface area contributed by atoms with Crippen LogP contribution < -0.4 is 20.9 Å². The first-order chi connectivity index (χ1) is 18.0. The molecule has 0 aliphatic heterocycles. The van der Waals surface area contributed by atoms with Crippen LogP contribution in [0.15, 0.2) is 95.9 Å². The highest BCUT2D eigenvalue weighted by molar-refractivity contribution is 7.89. The lowest BCUT2D eigenvalue weighted by Gasteiger charge is -2.13. The van der Waals surface area contributed by atoms with E-state index in [1.807, 2.05) is 0 Å². The molecule has 6 N–H and O–H groups in total. The molecule has 0 aliphatic rings. The third-order valence-electron chi connectivity index (χ3n) is 5.45. The number of nitrogens with one attached hydrogen (secondary N) is 2. The van der Waals surface area contributed by atoms with E-state index in [-0.39, 0.29) is 39.2 Å². The third-order valence-corrected chi connectivity index (χ3v) is 6.42. The second kappa shape index (κ2) is 10.5. The molecule has 0 aromatic heterocycles. The number of sulfonamides is 1. The summed E-state index contributed by atoms with van der Waals surface area (Å²) in [5, 5.41) is 26.9. The van der Waals surface area contributed by atoms with Gasteiger partial charge in [0.2, 0.25) is 10.0 Å². The Labute approximate surface area is 217 Å². The van der Waals surface area contributed by atoms with Crippen molar-refractivity contribution in [2.45, 2.75) is 4.90 Å². The number of hydrogen-bond acceptors (Lipinski definition) is 7. The number of nitrogens with zero attached hydrogens (tertiary/aromatic N) is 1. The summed E-state index contributed by atoms with van der Waals surface area (Å²) in [7, 11) is -3.96. The normalized spacial score (nSPS) is 11.0. The Kier molecular flexibility index (Phi) is 7.19. The predicted octanol–water partition coefficient (Wildman–Crippen LogP) is 4.24. The average molecular weight is 532 g/mol. The van der Waals surface area contributed by atoms with Gasteiger partial charge < -0.3 is 15.8 Å². The minimum atomic E-state index is -3.96. The number of non-ortho nitro benzene ring substituents is 1. The van der Waals surface area contributed by atoms with Crippen molar-refractivity contribution in [2.75, 3.05) is 5.32 Å². The number of benzene rings is 4. The standard InChI is InChI=1S/C26H21N5O6S/c27-25(28)18-4-3-5-20(14-18)37-23-15-19(31(33)34)12-13-22(23)30-26(32)17-10-8-16(9-11-17)21-6-1-2-7-24(21)38(29,35)36/h1-15H,(H3,27,28)(H,30,32)(H2,29,35,36). The van der Waals surface area contributed by atoms with Gasteiger partial charge in [-0.25, -0.2) is 13.6 Å². The van der Waals surface area contributed by atoms with Crippen LogP contribution in [0.1, 0.15) is 15.9 Å². The van der Waals surface area contributed by atoms with E-state index in [0.29, 0.717) is 16.7 Å². The number of hydrogen-bond donors (Lipinski definition) is 4. The van der Waals surface area contributed by atoms with Crippen LogP contribution in [0.3, 0.4) is 0 Å². The second-order valence-electron chi connectivity index (χ2n) is 8.05. The number of primary sulfonamides is 1. The fourth-order valence-corrected chi connectivity index (χ4v) is 4.38. The molecule has 4 rings (SSSR count). The van der Waals surface area contributed by atoms with E-state index in [1.54, 1.807) is 48.5 Å². The highest BCUT2D eigenvalue weighted by Crippen LogP contribution is 2.34. The highest BCUT2D eigenvalue weighted by Gasteiger charge is 2.18. The van der Waals surface area contributed by atoms with E-state index < -0.39 is 20.9 Å². The molecule has 4 aromatic carbocycles. The number of nitro benzene ring substituents is 1. The van der Waals surface area contributed by atoms with Crippen molar-refractivity contribution >= 4 is 33.1 Å². The van der Waals surface area contributed by atoms with Gasteiger partial charge in [0, 0.05) is 22.8 Å². The van der Waals surface area contributed by atoms with Crippen molar-refractivity contribution in [3.05, 3.63) is 112 Å². The molecule has 0 heterocycles. The minimum absolute atomic E-state index is 0.00644. The number of anilines is 1. The quantitative estimate of drug-likeness (QED) is 0.113. The lowest BCUT2D eigenvalue weighted by atomic mass is 10.0. The summed E-state index contributed by atoms with van der Waals surface area (Å²) in [5.74, 6) is -0.454.